The summed E-state index contributed by atoms with van der Waals surface area (Å²) >= 11 is 0. The molecule has 0 bridgehead atoms. The lowest BCUT2D eigenvalue weighted by atomic mass is 9.98. The van der Waals surface area contributed by atoms with Gasteiger partial charge in [0.25, 0.3) is 0 Å². The molecule has 3 heteroatoms. The van der Waals surface area contributed by atoms with Gasteiger partial charge in [0.05, 0.1) is 0 Å². The van der Waals surface area contributed by atoms with Crippen molar-refractivity contribution in [1.29, 1.82) is 0 Å². The Balaban J connectivity index is 2.34. The summed E-state index contributed by atoms with van der Waals surface area (Å²) in [5.41, 5.74) is 2.12. The number of hydrogen-bond acceptors (Lipinski definition) is 1. The van der Waals surface area contributed by atoms with Gasteiger partial charge in [-0.15, -0.1) is 0 Å². The van der Waals surface area contributed by atoms with E-state index < -0.39 is 11.6 Å². The third-order valence-corrected chi connectivity index (χ3v) is 3.58. The highest BCUT2D eigenvalue weighted by Crippen LogP contribution is 2.27. The maximum Gasteiger partial charge on any atom is 0.131 e. The van der Waals surface area contributed by atoms with E-state index in [1.165, 1.54) is 12.1 Å². The van der Waals surface area contributed by atoms with Crippen molar-refractivity contribution in [3.05, 3.63) is 59.7 Å². The van der Waals surface area contributed by atoms with Crippen molar-refractivity contribution in [2.75, 3.05) is 6.54 Å². The lowest BCUT2D eigenvalue weighted by Gasteiger charge is -2.18. The van der Waals surface area contributed by atoms with Crippen molar-refractivity contribution in [1.82, 2.24) is 5.32 Å². The maximum atomic E-state index is 13.9. The molecule has 0 spiro atoms. The highest BCUT2D eigenvalue weighted by Gasteiger charge is 2.11. The third kappa shape index (κ3) is 3.88. The van der Waals surface area contributed by atoms with Gasteiger partial charge in [-0.05, 0) is 54.8 Å². The van der Waals surface area contributed by atoms with Crippen LogP contribution in [0.2, 0.25) is 0 Å². The molecule has 0 radical (unpaired) electrons. The summed E-state index contributed by atoms with van der Waals surface area (Å²) in [6, 6.07) is 11.5. The quantitative estimate of drug-likeness (QED) is 0.781. The van der Waals surface area contributed by atoms with Gasteiger partial charge >= 0.3 is 0 Å². The Labute approximate surface area is 125 Å². The molecule has 0 saturated heterocycles. The summed E-state index contributed by atoms with van der Waals surface area (Å²) in [6.45, 7) is 5.18. The van der Waals surface area contributed by atoms with Gasteiger partial charge in [0.15, 0.2) is 0 Å². The van der Waals surface area contributed by atoms with Crippen LogP contribution in [0.3, 0.4) is 0 Å². The average Bonchev–Trinajstić information content (AvgIpc) is 2.51. The van der Waals surface area contributed by atoms with E-state index in [1.807, 2.05) is 24.3 Å². The second-order valence-electron chi connectivity index (χ2n) is 5.16. The van der Waals surface area contributed by atoms with Gasteiger partial charge in [-0.25, -0.2) is 8.78 Å². The molecular weight excluding hydrogens is 268 g/mol. The van der Waals surface area contributed by atoms with E-state index in [2.05, 4.69) is 19.2 Å². The molecule has 2 aromatic carbocycles. The first kappa shape index (κ1) is 15.6. The first-order valence-electron chi connectivity index (χ1n) is 7.44. The van der Waals surface area contributed by atoms with E-state index in [0.717, 1.165) is 31.0 Å². The molecule has 2 aromatic rings. The highest BCUT2D eigenvalue weighted by molar-refractivity contribution is 5.65. The summed E-state index contributed by atoms with van der Waals surface area (Å²) in [5, 5.41) is 3.47. The zero-order chi connectivity index (χ0) is 15.2. The minimum Gasteiger partial charge on any atom is -0.310 e. The normalized spacial score (nSPS) is 12.4. The van der Waals surface area contributed by atoms with Gasteiger partial charge in [-0.2, -0.15) is 0 Å². The molecule has 0 fully saturated rings. The largest absolute Gasteiger partial charge is 0.310 e. The van der Waals surface area contributed by atoms with E-state index in [4.69, 9.17) is 0 Å². The molecule has 1 atom stereocenters. The van der Waals surface area contributed by atoms with Crippen LogP contribution in [0.5, 0.6) is 0 Å². The molecule has 0 aromatic heterocycles. The molecule has 0 aliphatic rings. The Morgan fingerprint density at radius 1 is 1.05 bits per heavy atom. The summed E-state index contributed by atoms with van der Waals surface area (Å²) in [7, 11) is 0. The molecule has 21 heavy (non-hydrogen) atoms. The fraction of sp³-hybridized carbons (Fsp3) is 0.333. The smallest absolute Gasteiger partial charge is 0.131 e. The molecular formula is C18H21F2N. The van der Waals surface area contributed by atoms with Crippen LogP contribution in [-0.4, -0.2) is 6.54 Å². The second kappa shape index (κ2) is 7.32. The minimum absolute atomic E-state index is 0.238. The van der Waals surface area contributed by atoms with Crippen LogP contribution in [0.15, 0.2) is 42.5 Å². The van der Waals surface area contributed by atoms with Crippen LogP contribution in [0.4, 0.5) is 8.78 Å². The highest BCUT2D eigenvalue weighted by atomic mass is 19.1. The number of benzene rings is 2. The van der Waals surface area contributed by atoms with Gasteiger partial charge in [0.2, 0.25) is 0 Å². The molecule has 0 heterocycles. The Kier molecular flexibility index (Phi) is 5.45. The van der Waals surface area contributed by atoms with Gasteiger partial charge in [0, 0.05) is 11.6 Å². The molecule has 1 unspecified atom stereocenters. The zero-order valence-corrected chi connectivity index (χ0v) is 12.5. The van der Waals surface area contributed by atoms with E-state index in [9.17, 15) is 8.78 Å². The van der Waals surface area contributed by atoms with Crippen molar-refractivity contribution in [3.63, 3.8) is 0 Å². The number of hydrogen-bond donors (Lipinski definition) is 1. The van der Waals surface area contributed by atoms with Gasteiger partial charge in [-0.3, -0.25) is 0 Å². The Morgan fingerprint density at radius 2 is 1.86 bits per heavy atom. The molecule has 0 aliphatic heterocycles. The topological polar surface area (TPSA) is 12.0 Å². The van der Waals surface area contributed by atoms with E-state index >= 15 is 0 Å². The van der Waals surface area contributed by atoms with E-state index in [0.29, 0.717) is 11.1 Å². The van der Waals surface area contributed by atoms with Crippen LogP contribution >= 0.6 is 0 Å². The number of halogens is 2. The van der Waals surface area contributed by atoms with Crippen LogP contribution in [0.1, 0.15) is 38.3 Å². The first-order chi connectivity index (χ1) is 10.2. The summed E-state index contributed by atoms with van der Waals surface area (Å²) in [4.78, 5) is 0. The Morgan fingerprint density at radius 3 is 2.57 bits per heavy atom. The SMILES string of the molecule is CCCNC(CC)c1cccc(-c2cc(F)ccc2F)c1. The molecule has 0 saturated carbocycles. The Bertz CT molecular complexity index is 596. The lowest BCUT2D eigenvalue weighted by Crippen LogP contribution is -2.21. The first-order valence-corrected chi connectivity index (χ1v) is 7.44. The predicted octanol–water partition coefficient (Wildman–Crippen LogP) is 5.08. The van der Waals surface area contributed by atoms with Crippen molar-refractivity contribution in [2.45, 2.75) is 32.7 Å². The summed E-state index contributed by atoms with van der Waals surface area (Å²) in [6.07, 6.45) is 2.02. The molecule has 1 N–H and O–H groups in total. The Hall–Kier alpha value is -1.74. The van der Waals surface area contributed by atoms with E-state index in [1.54, 1.807) is 0 Å². The monoisotopic (exact) mass is 289 g/mol. The molecule has 2 rings (SSSR count). The van der Waals surface area contributed by atoms with Crippen LogP contribution in [-0.2, 0) is 0 Å². The molecule has 0 amide bonds. The average molecular weight is 289 g/mol. The van der Waals surface area contributed by atoms with Crippen molar-refractivity contribution in [3.8, 4) is 11.1 Å². The van der Waals surface area contributed by atoms with Gasteiger partial charge < -0.3 is 5.32 Å². The van der Waals surface area contributed by atoms with Gasteiger partial charge in [0.1, 0.15) is 11.6 Å². The zero-order valence-electron chi connectivity index (χ0n) is 12.5. The van der Waals surface area contributed by atoms with Crippen LogP contribution < -0.4 is 5.32 Å². The summed E-state index contributed by atoms with van der Waals surface area (Å²) < 4.78 is 27.2. The van der Waals surface area contributed by atoms with E-state index in [-0.39, 0.29) is 6.04 Å². The number of nitrogens with one attached hydrogen (secondary N) is 1. The number of rotatable bonds is 6. The summed E-state index contributed by atoms with van der Waals surface area (Å²) in [5.74, 6) is -0.823. The molecule has 0 aliphatic carbocycles. The third-order valence-electron chi connectivity index (χ3n) is 3.58. The lowest BCUT2D eigenvalue weighted by molar-refractivity contribution is 0.518. The predicted molar refractivity (Wildman–Crippen MR) is 83.1 cm³/mol. The minimum atomic E-state index is -0.423. The fourth-order valence-corrected chi connectivity index (χ4v) is 2.46. The van der Waals surface area contributed by atoms with Crippen LogP contribution in [0.25, 0.3) is 11.1 Å². The molecule has 112 valence electrons. The van der Waals surface area contributed by atoms with Crippen LogP contribution in [0, 0.1) is 11.6 Å². The maximum absolute atomic E-state index is 13.9. The van der Waals surface area contributed by atoms with Crippen molar-refractivity contribution in [2.24, 2.45) is 0 Å². The van der Waals surface area contributed by atoms with Crippen molar-refractivity contribution < 1.29 is 8.78 Å². The standard InChI is InChI=1S/C18H21F2N/c1-3-10-21-18(4-2)14-7-5-6-13(11-14)16-12-15(19)8-9-17(16)20/h5-9,11-12,18,21H,3-4,10H2,1-2H3. The molecule has 1 nitrogen and oxygen atoms in total. The fourth-order valence-electron chi connectivity index (χ4n) is 2.46. The second-order valence-corrected chi connectivity index (χ2v) is 5.16. The van der Waals surface area contributed by atoms with Gasteiger partial charge in [-0.1, -0.05) is 32.0 Å². The van der Waals surface area contributed by atoms with Crippen molar-refractivity contribution >= 4 is 0 Å².